The molecule has 0 spiro atoms. The molecule has 1 aromatic heterocycles. The molecule has 4 nitrogen and oxygen atoms in total. The highest BCUT2D eigenvalue weighted by Crippen LogP contribution is 2.43. The molecule has 2 atom stereocenters. The molecule has 8 heteroatoms. The van der Waals surface area contributed by atoms with E-state index in [1.165, 1.54) is 26.0 Å². The van der Waals surface area contributed by atoms with Gasteiger partial charge in [0.25, 0.3) is 0 Å². The molecule has 0 radical (unpaired) electrons. The van der Waals surface area contributed by atoms with Gasteiger partial charge in [-0.3, -0.25) is 4.90 Å². The molecule has 0 aliphatic carbocycles. The summed E-state index contributed by atoms with van der Waals surface area (Å²) >= 11 is 0. The summed E-state index contributed by atoms with van der Waals surface area (Å²) in [7, 11) is 0. The summed E-state index contributed by atoms with van der Waals surface area (Å²) in [4.78, 5) is 15.7. The van der Waals surface area contributed by atoms with Gasteiger partial charge in [-0.15, -0.1) is 0 Å². The van der Waals surface area contributed by atoms with Crippen molar-refractivity contribution in [2.24, 2.45) is 0 Å². The van der Waals surface area contributed by atoms with Crippen LogP contribution in [0.1, 0.15) is 49.2 Å². The van der Waals surface area contributed by atoms with Gasteiger partial charge in [0.1, 0.15) is 23.1 Å². The molecule has 1 aliphatic rings. The van der Waals surface area contributed by atoms with Crippen molar-refractivity contribution in [2.45, 2.75) is 44.9 Å². The minimum Gasteiger partial charge on any atom is -0.478 e. The van der Waals surface area contributed by atoms with Gasteiger partial charge in [0.2, 0.25) is 0 Å². The normalized spacial score (nSPS) is 19.4. The van der Waals surface area contributed by atoms with Gasteiger partial charge < -0.3 is 10.1 Å². The van der Waals surface area contributed by atoms with Gasteiger partial charge in [0, 0.05) is 40.8 Å². The molecular weight excluding hydrogens is 436 g/mol. The van der Waals surface area contributed by atoms with Crippen molar-refractivity contribution in [3.8, 4) is 0 Å². The van der Waals surface area contributed by atoms with Crippen LogP contribution in [-0.2, 0) is 11.2 Å². The molecular formula is C25H24F4N2O2. The molecule has 174 valence electrons. The molecule has 0 unspecified atom stereocenters. The number of nitrogens with one attached hydrogen (secondary N) is 1. The second-order valence-electron chi connectivity index (χ2n) is 9.12. The zero-order valence-corrected chi connectivity index (χ0v) is 18.4. The number of halogens is 4. The van der Waals surface area contributed by atoms with E-state index in [0.717, 1.165) is 29.8 Å². The van der Waals surface area contributed by atoms with Crippen LogP contribution in [0, 0.1) is 17.5 Å². The van der Waals surface area contributed by atoms with E-state index in [1.807, 2.05) is 6.92 Å². The molecule has 0 saturated carbocycles. The number of carbonyl (C=O) groups is 1. The minimum absolute atomic E-state index is 0.0521. The van der Waals surface area contributed by atoms with Crippen molar-refractivity contribution in [1.29, 1.82) is 0 Å². The van der Waals surface area contributed by atoms with E-state index in [1.54, 1.807) is 11.0 Å². The number of carboxylic acid groups (broad SMARTS) is 1. The third kappa shape index (κ3) is 4.53. The van der Waals surface area contributed by atoms with Gasteiger partial charge in [-0.25, -0.2) is 22.4 Å². The largest absolute Gasteiger partial charge is 0.478 e. The van der Waals surface area contributed by atoms with Crippen molar-refractivity contribution in [1.82, 2.24) is 9.88 Å². The molecule has 1 aliphatic heterocycles. The zero-order chi connectivity index (χ0) is 24.1. The lowest BCUT2D eigenvalue weighted by molar-refractivity contribution is -0.131. The number of aliphatic carboxylic acids is 1. The lowest BCUT2D eigenvalue weighted by Gasteiger charge is -2.43. The fourth-order valence-corrected chi connectivity index (χ4v) is 4.65. The number of benzene rings is 2. The number of fused-ring (bicyclic) bond motifs is 3. The number of rotatable bonds is 5. The number of aromatic amines is 1. The average molecular weight is 460 g/mol. The Bertz CT molecular complexity index is 1240. The number of nitrogens with zero attached hydrogens (tertiary/aromatic N) is 1. The van der Waals surface area contributed by atoms with Gasteiger partial charge in [-0.2, -0.15) is 0 Å². The first kappa shape index (κ1) is 23.0. The second kappa shape index (κ2) is 8.33. The predicted molar refractivity (Wildman–Crippen MR) is 118 cm³/mol. The van der Waals surface area contributed by atoms with E-state index in [4.69, 9.17) is 5.11 Å². The summed E-state index contributed by atoms with van der Waals surface area (Å²) in [5.74, 6) is -3.42. The molecule has 33 heavy (non-hydrogen) atoms. The summed E-state index contributed by atoms with van der Waals surface area (Å²) in [6, 6.07) is 5.10. The van der Waals surface area contributed by atoms with Crippen LogP contribution in [0.3, 0.4) is 0 Å². The first-order valence-corrected chi connectivity index (χ1v) is 10.6. The first-order valence-electron chi connectivity index (χ1n) is 10.6. The quantitative estimate of drug-likeness (QED) is 0.376. The topological polar surface area (TPSA) is 56.3 Å². The Morgan fingerprint density at radius 3 is 2.48 bits per heavy atom. The fraction of sp³-hybridized carbons (Fsp3) is 0.320. The number of H-pyrrole nitrogens is 1. The molecule has 3 aromatic rings. The van der Waals surface area contributed by atoms with E-state index in [9.17, 15) is 13.6 Å². The van der Waals surface area contributed by atoms with Gasteiger partial charge in [-0.1, -0.05) is 0 Å². The van der Waals surface area contributed by atoms with E-state index in [2.05, 4.69) is 4.98 Å². The number of hydrogen-bond acceptors (Lipinski definition) is 2. The average Bonchev–Trinajstić information content (AvgIpc) is 3.04. The van der Waals surface area contributed by atoms with Crippen molar-refractivity contribution in [2.75, 3.05) is 6.54 Å². The van der Waals surface area contributed by atoms with Crippen molar-refractivity contribution < 1.29 is 27.5 Å². The van der Waals surface area contributed by atoms with E-state index < -0.39 is 35.1 Å². The maximum Gasteiger partial charge on any atom is 0.328 e. The Morgan fingerprint density at radius 1 is 1.21 bits per heavy atom. The lowest BCUT2D eigenvalue weighted by atomic mass is 9.87. The summed E-state index contributed by atoms with van der Waals surface area (Å²) in [5, 5.41) is 9.42. The Morgan fingerprint density at radius 2 is 1.88 bits per heavy atom. The smallest absolute Gasteiger partial charge is 0.328 e. The van der Waals surface area contributed by atoms with Crippen molar-refractivity contribution in [3.63, 3.8) is 0 Å². The Labute approximate surface area is 188 Å². The Balaban J connectivity index is 1.93. The van der Waals surface area contributed by atoms with Crippen LogP contribution in [0.5, 0.6) is 0 Å². The zero-order valence-electron chi connectivity index (χ0n) is 18.4. The van der Waals surface area contributed by atoms with Gasteiger partial charge >= 0.3 is 5.97 Å². The van der Waals surface area contributed by atoms with E-state index in [0.29, 0.717) is 23.0 Å². The van der Waals surface area contributed by atoms with E-state index in [-0.39, 0.29) is 23.7 Å². The van der Waals surface area contributed by atoms with Crippen LogP contribution in [-0.4, -0.2) is 39.2 Å². The minimum atomic E-state index is -1.64. The van der Waals surface area contributed by atoms with Crippen LogP contribution >= 0.6 is 0 Å². The highest BCUT2D eigenvalue weighted by atomic mass is 19.1. The van der Waals surface area contributed by atoms with Crippen molar-refractivity contribution in [3.05, 3.63) is 76.2 Å². The summed E-state index contributed by atoms with van der Waals surface area (Å²) < 4.78 is 59.4. The molecule has 0 bridgehead atoms. The van der Waals surface area contributed by atoms with Crippen LogP contribution in [0.4, 0.5) is 17.6 Å². The van der Waals surface area contributed by atoms with Crippen LogP contribution in [0.2, 0.25) is 0 Å². The standard InChI is InChI=1S/C25H24F4N2O2/c1-13-8-17-16-11-15(26)5-6-20(16)30-23(17)24(31(13)12-25(2,3)29)22-18(27)9-14(10-19(22)28)4-7-21(32)33/h4-7,9-11,13,24,30H,8,12H2,1-3H3,(H,32,33)/b7-4+/t13-,24-/m1/s1. The molecule has 0 fully saturated rings. The van der Waals surface area contributed by atoms with E-state index >= 15 is 8.78 Å². The van der Waals surface area contributed by atoms with Crippen LogP contribution in [0.25, 0.3) is 17.0 Å². The predicted octanol–water partition coefficient (Wildman–Crippen LogP) is 5.77. The Hall–Kier alpha value is -3.13. The number of alkyl halides is 1. The molecule has 2 N–H and O–H groups in total. The third-order valence-corrected chi connectivity index (χ3v) is 5.92. The number of hydrogen-bond donors (Lipinski definition) is 2. The number of aromatic nitrogens is 1. The van der Waals surface area contributed by atoms with Gasteiger partial charge in [0.05, 0.1) is 6.04 Å². The monoisotopic (exact) mass is 460 g/mol. The summed E-state index contributed by atoms with van der Waals surface area (Å²) in [6.45, 7) is 4.57. The SMILES string of the molecule is C[C@@H]1Cc2c([nH]c3ccc(F)cc23)[C@@H](c2c(F)cc(/C=C/C(=O)O)cc2F)N1CC(C)(C)F. The van der Waals surface area contributed by atoms with Crippen LogP contribution in [0.15, 0.2) is 36.4 Å². The highest BCUT2D eigenvalue weighted by Gasteiger charge is 2.41. The van der Waals surface area contributed by atoms with Gasteiger partial charge in [0.15, 0.2) is 0 Å². The summed E-state index contributed by atoms with van der Waals surface area (Å²) in [5.41, 5.74) is -0.00277. The molecule has 2 heterocycles. The summed E-state index contributed by atoms with van der Waals surface area (Å²) in [6.07, 6.45) is 2.34. The number of carboxylic acids is 1. The molecule has 0 saturated heterocycles. The first-order chi connectivity index (χ1) is 15.4. The fourth-order valence-electron chi connectivity index (χ4n) is 4.65. The molecule has 2 aromatic carbocycles. The maximum atomic E-state index is 15.4. The molecule has 4 rings (SSSR count). The van der Waals surface area contributed by atoms with Crippen molar-refractivity contribution >= 4 is 22.9 Å². The second-order valence-corrected chi connectivity index (χ2v) is 9.12. The Kier molecular flexibility index (Phi) is 5.82. The lowest BCUT2D eigenvalue weighted by Crippen LogP contribution is -2.48. The third-order valence-electron chi connectivity index (χ3n) is 5.92. The highest BCUT2D eigenvalue weighted by molar-refractivity contribution is 5.86. The maximum absolute atomic E-state index is 15.4. The van der Waals surface area contributed by atoms with Crippen LogP contribution < -0.4 is 0 Å². The molecule has 0 amide bonds. The van der Waals surface area contributed by atoms with Gasteiger partial charge in [-0.05, 0) is 74.7 Å².